The average molecular weight is 238 g/mol. The lowest BCUT2D eigenvalue weighted by atomic mass is 10.0. The topological polar surface area (TPSA) is 18.5 Å². The average Bonchev–Trinajstić information content (AvgIpc) is 2.80. The van der Waals surface area contributed by atoms with Crippen molar-refractivity contribution >= 4 is 11.8 Å². The van der Waals surface area contributed by atoms with Crippen molar-refractivity contribution < 1.29 is 9.47 Å². The second-order valence-corrected chi connectivity index (χ2v) is 5.10. The van der Waals surface area contributed by atoms with Gasteiger partial charge in [0.15, 0.2) is 5.79 Å². The van der Waals surface area contributed by atoms with Gasteiger partial charge in [0.25, 0.3) is 0 Å². The summed E-state index contributed by atoms with van der Waals surface area (Å²) in [7, 11) is 0. The fraction of sp³-hybridized carbons (Fsp3) is 0.538. The number of ether oxygens (including phenoxy) is 2. The molecule has 1 aliphatic heterocycles. The molecule has 0 unspecified atom stereocenters. The summed E-state index contributed by atoms with van der Waals surface area (Å²) in [5, 5.41) is 0. The van der Waals surface area contributed by atoms with Crippen LogP contribution in [0.5, 0.6) is 0 Å². The third-order valence-corrected chi connectivity index (χ3v) is 3.72. The normalized spacial score (nSPS) is 18.9. The van der Waals surface area contributed by atoms with E-state index in [1.807, 2.05) is 11.8 Å². The van der Waals surface area contributed by atoms with Crippen LogP contribution in [0.3, 0.4) is 0 Å². The summed E-state index contributed by atoms with van der Waals surface area (Å²) < 4.78 is 11.5. The smallest absolute Gasteiger partial charge is 0.194 e. The lowest BCUT2D eigenvalue weighted by Crippen LogP contribution is -2.25. The van der Waals surface area contributed by atoms with Crippen LogP contribution in [0.15, 0.2) is 29.2 Å². The molecule has 0 spiro atoms. The molecule has 0 saturated carbocycles. The largest absolute Gasteiger partial charge is 0.343 e. The third-order valence-electron chi connectivity index (χ3n) is 2.82. The minimum atomic E-state index is -0.491. The summed E-state index contributed by atoms with van der Waals surface area (Å²) in [5.41, 5.74) is 1.13. The summed E-state index contributed by atoms with van der Waals surface area (Å²) in [6.45, 7) is 5.65. The van der Waals surface area contributed by atoms with E-state index in [2.05, 4.69) is 38.1 Å². The molecular formula is C13H18O2S. The van der Waals surface area contributed by atoms with Gasteiger partial charge in [-0.3, -0.25) is 0 Å². The lowest BCUT2D eigenvalue weighted by Gasteiger charge is -2.26. The van der Waals surface area contributed by atoms with Gasteiger partial charge in [-0.15, -0.1) is 11.8 Å². The van der Waals surface area contributed by atoms with Gasteiger partial charge in [-0.2, -0.15) is 0 Å². The molecule has 0 atom stereocenters. The maximum Gasteiger partial charge on any atom is 0.194 e. The van der Waals surface area contributed by atoms with Crippen molar-refractivity contribution in [3.05, 3.63) is 29.8 Å². The molecule has 3 heteroatoms. The van der Waals surface area contributed by atoms with Crippen LogP contribution >= 0.6 is 11.8 Å². The van der Waals surface area contributed by atoms with Crippen molar-refractivity contribution in [2.24, 2.45) is 0 Å². The van der Waals surface area contributed by atoms with E-state index in [0.29, 0.717) is 13.2 Å². The van der Waals surface area contributed by atoms with E-state index in [1.54, 1.807) is 0 Å². The zero-order valence-corrected chi connectivity index (χ0v) is 10.7. The second-order valence-electron chi connectivity index (χ2n) is 3.76. The quantitative estimate of drug-likeness (QED) is 0.749. The summed E-state index contributed by atoms with van der Waals surface area (Å²) in [5.74, 6) is 0.612. The van der Waals surface area contributed by atoms with Gasteiger partial charge in [0.2, 0.25) is 0 Å². The molecule has 1 saturated heterocycles. The predicted octanol–water partition coefficient (Wildman–Crippen LogP) is 3.41. The molecule has 0 aliphatic carbocycles. The Hall–Kier alpha value is -0.510. The lowest BCUT2D eigenvalue weighted by molar-refractivity contribution is -0.167. The van der Waals surface area contributed by atoms with E-state index < -0.39 is 5.79 Å². The van der Waals surface area contributed by atoms with Gasteiger partial charge in [0, 0.05) is 16.9 Å². The highest BCUT2D eigenvalue weighted by Crippen LogP contribution is 2.35. The molecule has 2 rings (SSSR count). The molecule has 1 aromatic rings. The minimum Gasteiger partial charge on any atom is -0.343 e. The van der Waals surface area contributed by atoms with Gasteiger partial charge in [0.05, 0.1) is 13.2 Å². The van der Waals surface area contributed by atoms with Crippen molar-refractivity contribution in [1.29, 1.82) is 0 Å². The Kier molecular flexibility index (Phi) is 3.90. The first-order valence-electron chi connectivity index (χ1n) is 5.82. The molecular weight excluding hydrogens is 220 g/mol. The van der Waals surface area contributed by atoms with Crippen LogP contribution in [0.2, 0.25) is 0 Å². The third kappa shape index (κ3) is 2.26. The van der Waals surface area contributed by atoms with E-state index in [0.717, 1.165) is 17.7 Å². The van der Waals surface area contributed by atoms with Gasteiger partial charge >= 0.3 is 0 Å². The summed E-state index contributed by atoms with van der Waals surface area (Å²) >= 11 is 1.85. The second kappa shape index (κ2) is 5.21. The number of thioether (sulfide) groups is 1. The SMILES string of the molecule is CCSc1ccc(C2(CC)OCCO2)cc1. The van der Waals surface area contributed by atoms with Crippen molar-refractivity contribution in [3.8, 4) is 0 Å². The summed E-state index contributed by atoms with van der Waals surface area (Å²) in [4.78, 5) is 1.30. The van der Waals surface area contributed by atoms with Gasteiger partial charge < -0.3 is 9.47 Å². The highest BCUT2D eigenvalue weighted by atomic mass is 32.2. The van der Waals surface area contributed by atoms with Gasteiger partial charge in [-0.25, -0.2) is 0 Å². The van der Waals surface area contributed by atoms with Crippen molar-refractivity contribution in [1.82, 2.24) is 0 Å². The van der Waals surface area contributed by atoms with Gasteiger partial charge in [-0.05, 0) is 17.9 Å². The first-order valence-corrected chi connectivity index (χ1v) is 6.80. The standard InChI is InChI=1S/C13H18O2S/c1-3-13(14-9-10-15-13)11-5-7-12(8-6-11)16-4-2/h5-8H,3-4,9-10H2,1-2H3. The van der Waals surface area contributed by atoms with E-state index >= 15 is 0 Å². The summed E-state index contributed by atoms with van der Waals surface area (Å²) in [6.07, 6.45) is 0.854. The van der Waals surface area contributed by atoms with Crippen LogP contribution in [0.1, 0.15) is 25.8 Å². The van der Waals surface area contributed by atoms with Crippen LogP contribution in [0.4, 0.5) is 0 Å². The zero-order chi connectivity index (χ0) is 11.4. The van der Waals surface area contributed by atoms with E-state index in [9.17, 15) is 0 Å². The Morgan fingerprint density at radius 2 is 1.75 bits per heavy atom. The van der Waals surface area contributed by atoms with E-state index in [4.69, 9.17) is 9.47 Å². The molecule has 16 heavy (non-hydrogen) atoms. The molecule has 1 heterocycles. The molecule has 0 N–H and O–H groups in total. The van der Waals surface area contributed by atoms with Crippen molar-refractivity contribution in [3.63, 3.8) is 0 Å². The monoisotopic (exact) mass is 238 g/mol. The fourth-order valence-corrected chi connectivity index (χ4v) is 2.66. The van der Waals surface area contributed by atoms with Crippen LogP contribution in [-0.4, -0.2) is 19.0 Å². The van der Waals surface area contributed by atoms with Crippen LogP contribution in [0.25, 0.3) is 0 Å². The van der Waals surface area contributed by atoms with Gasteiger partial charge in [-0.1, -0.05) is 26.0 Å². The number of hydrogen-bond acceptors (Lipinski definition) is 3. The Labute approximate surface area is 101 Å². The van der Waals surface area contributed by atoms with Crippen LogP contribution in [-0.2, 0) is 15.3 Å². The molecule has 0 bridgehead atoms. The Balaban J connectivity index is 2.19. The zero-order valence-electron chi connectivity index (χ0n) is 9.86. The van der Waals surface area contributed by atoms with Crippen molar-refractivity contribution in [2.45, 2.75) is 31.0 Å². The van der Waals surface area contributed by atoms with Gasteiger partial charge in [0.1, 0.15) is 0 Å². The Bertz CT molecular complexity index is 328. The molecule has 2 nitrogen and oxygen atoms in total. The molecule has 88 valence electrons. The first-order chi connectivity index (χ1) is 7.80. The molecule has 1 fully saturated rings. The van der Waals surface area contributed by atoms with Crippen LogP contribution in [0, 0.1) is 0 Å². The van der Waals surface area contributed by atoms with E-state index in [-0.39, 0.29) is 0 Å². The Morgan fingerprint density at radius 3 is 2.25 bits per heavy atom. The van der Waals surface area contributed by atoms with E-state index in [1.165, 1.54) is 4.90 Å². The molecule has 1 aromatic carbocycles. The Morgan fingerprint density at radius 1 is 1.12 bits per heavy atom. The van der Waals surface area contributed by atoms with Crippen LogP contribution < -0.4 is 0 Å². The maximum atomic E-state index is 5.75. The molecule has 0 radical (unpaired) electrons. The highest BCUT2D eigenvalue weighted by molar-refractivity contribution is 7.99. The fourth-order valence-electron chi connectivity index (χ4n) is 2.00. The number of hydrogen-bond donors (Lipinski definition) is 0. The minimum absolute atomic E-state index is 0.491. The highest BCUT2D eigenvalue weighted by Gasteiger charge is 2.36. The number of benzene rings is 1. The molecule has 0 amide bonds. The van der Waals surface area contributed by atoms with Crippen molar-refractivity contribution in [2.75, 3.05) is 19.0 Å². The molecule has 1 aliphatic rings. The summed E-state index contributed by atoms with van der Waals surface area (Å²) in [6, 6.07) is 8.53. The first kappa shape index (κ1) is 12.0. The maximum absolute atomic E-state index is 5.75. The predicted molar refractivity (Wildman–Crippen MR) is 66.7 cm³/mol. The number of rotatable bonds is 4. The molecule has 0 aromatic heterocycles.